The lowest BCUT2D eigenvalue weighted by molar-refractivity contribution is 0.349. The Labute approximate surface area is 401 Å². The number of hydrogen-bond acceptors (Lipinski definition) is 2. The summed E-state index contributed by atoms with van der Waals surface area (Å²) in [4.78, 5) is 5.45. The van der Waals surface area contributed by atoms with E-state index in [0.717, 1.165) is 12.8 Å². The summed E-state index contributed by atoms with van der Waals surface area (Å²) in [5.74, 6) is 0. The topological polar surface area (TPSA) is 6.48 Å². The fourth-order valence-electron chi connectivity index (χ4n) is 13.3. The summed E-state index contributed by atoms with van der Waals surface area (Å²) in [7, 11) is 0. The standard InChI is InChI=1S/C65H53BN2/c1-40-33-53-54-39-58(40)67-57-30-26-45(42-19-12-8-13-20-42)35-56(57)66-61-50(38-55-60(62(61)67)51-37-47(27-29-52(51)64(55,4)5)65(54,6)32-31-63(53,2)3)49-28-25-46(43-21-14-9-15-22-43)36-59(49)68(66)48-24-16-23-44(34-48)41-17-10-7-11-18-41/h7-30,33-39H,31-32H2,1-6H3. The highest BCUT2D eigenvalue weighted by Crippen LogP contribution is 2.61. The second kappa shape index (κ2) is 13.9. The van der Waals surface area contributed by atoms with Crippen LogP contribution in [0.1, 0.15) is 80.8 Å². The van der Waals surface area contributed by atoms with Gasteiger partial charge in [0, 0.05) is 44.7 Å². The van der Waals surface area contributed by atoms with Crippen LogP contribution in [0.5, 0.6) is 0 Å². The van der Waals surface area contributed by atoms with Crippen molar-refractivity contribution in [3.8, 4) is 55.6 Å². The molecule has 2 nitrogen and oxygen atoms in total. The van der Waals surface area contributed by atoms with Gasteiger partial charge in [0.05, 0.1) is 5.69 Å². The Kier molecular flexibility index (Phi) is 8.11. The minimum Gasteiger partial charge on any atom is -0.376 e. The molecule has 0 N–H and O–H groups in total. The van der Waals surface area contributed by atoms with Crippen molar-refractivity contribution < 1.29 is 0 Å². The van der Waals surface area contributed by atoms with Gasteiger partial charge in [-0.15, -0.1) is 0 Å². The van der Waals surface area contributed by atoms with Crippen LogP contribution < -0.4 is 20.6 Å². The van der Waals surface area contributed by atoms with Crippen molar-refractivity contribution in [3.63, 3.8) is 0 Å². The van der Waals surface area contributed by atoms with Crippen LogP contribution in [0.25, 0.3) is 55.6 Å². The first kappa shape index (κ1) is 39.8. The molecule has 5 aliphatic rings. The maximum atomic E-state index is 2.74. The molecule has 0 saturated carbocycles. The van der Waals surface area contributed by atoms with Crippen LogP contribution >= 0.6 is 0 Å². The molecule has 3 aliphatic heterocycles. The van der Waals surface area contributed by atoms with Gasteiger partial charge in [-0.1, -0.05) is 180 Å². The predicted molar refractivity (Wildman–Crippen MR) is 287 cm³/mol. The lowest BCUT2D eigenvalue weighted by Gasteiger charge is -2.49. The van der Waals surface area contributed by atoms with Gasteiger partial charge in [0.1, 0.15) is 0 Å². The fraction of sp³-hybridized carbons (Fsp3) is 0.169. The number of aryl methyl sites for hydroxylation is 1. The van der Waals surface area contributed by atoms with E-state index in [4.69, 9.17) is 0 Å². The van der Waals surface area contributed by atoms with E-state index in [-0.39, 0.29) is 23.1 Å². The monoisotopic (exact) mass is 872 g/mol. The summed E-state index contributed by atoms with van der Waals surface area (Å²) >= 11 is 0. The van der Waals surface area contributed by atoms with Gasteiger partial charge in [0.15, 0.2) is 0 Å². The van der Waals surface area contributed by atoms with Crippen LogP contribution in [0, 0.1) is 6.92 Å². The van der Waals surface area contributed by atoms with Gasteiger partial charge in [-0.25, -0.2) is 0 Å². The molecule has 0 saturated heterocycles. The van der Waals surface area contributed by atoms with Gasteiger partial charge in [-0.05, 0) is 156 Å². The molecule has 0 spiro atoms. The second-order valence-corrected chi connectivity index (χ2v) is 21.7. The minimum absolute atomic E-state index is 0.0673. The van der Waals surface area contributed by atoms with E-state index in [1.807, 2.05) is 0 Å². The van der Waals surface area contributed by atoms with Crippen molar-refractivity contribution in [3.05, 3.63) is 221 Å². The van der Waals surface area contributed by atoms with E-state index in [9.17, 15) is 0 Å². The number of fused-ring (bicyclic) bond motifs is 9. The van der Waals surface area contributed by atoms with Gasteiger partial charge in [-0.3, -0.25) is 0 Å². The quantitative estimate of drug-likeness (QED) is 0.163. The number of nitrogens with zero attached hydrogens (tertiary/aromatic N) is 2. The Morgan fingerprint density at radius 3 is 1.79 bits per heavy atom. The summed E-state index contributed by atoms with van der Waals surface area (Å²) < 4.78 is 0. The van der Waals surface area contributed by atoms with Crippen LogP contribution in [0.4, 0.5) is 28.4 Å². The molecular formula is C65H53BN2. The van der Waals surface area contributed by atoms with Crippen LogP contribution in [0.3, 0.4) is 0 Å². The molecule has 3 heterocycles. The van der Waals surface area contributed by atoms with Gasteiger partial charge >= 0.3 is 6.85 Å². The summed E-state index contributed by atoms with van der Waals surface area (Å²) in [6.45, 7) is 14.6. The van der Waals surface area contributed by atoms with Gasteiger partial charge in [-0.2, -0.15) is 0 Å². The van der Waals surface area contributed by atoms with E-state index in [1.54, 1.807) is 0 Å². The van der Waals surface area contributed by atoms with Crippen LogP contribution in [-0.4, -0.2) is 6.85 Å². The zero-order valence-corrected chi connectivity index (χ0v) is 39.8. The molecule has 1 unspecified atom stereocenters. The number of hydrogen-bond donors (Lipinski definition) is 0. The summed E-state index contributed by atoms with van der Waals surface area (Å²) in [6.07, 6.45) is 2.26. The number of rotatable bonds is 4. The lowest BCUT2D eigenvalue weighted by atomic mass is 9.42. The molecule has 0 amide bonds. The Hall–Kier alpha value is -7.36. The largest absolute Gasteiger partial charge is 0.376 e. The fourth-order valence-corrected chi connectivity index (χ4v) is 13.3. The lowest BCUT2D eigenvalue weighted by Crippen LogP contribution is -2.62. The highest BCUT2D eigenvalue weighted by molar-refractivity contribution is 6.94. The third-order valence-electron chi connectivity index (χ3n) is 17.1. The molecule has 3 heteroatoms. The van der Waals surface area contributed by atoms with Crippen molar-refractivity contribution in [2.24, 2.45) is 0 Å². The highest BCUT2D eigenvalue weighted by atomic mass is 15.2. The summed E-state index contributed by atoms with van der Waals surface area (Å²) in [5.41, 5.74) is 29.9. The smallest absolute Gasteiger partial charge is 0.333 e. The van der Waals surface area contributed by atoms with Crippen LogP contribution in [-0.2, 0) is 16.2 Å². The Morgan fingerprint density at radius 2 is 1.09 bits per heavy atom. The van der Waals surface area contributed by atoms with Crippen LogP contribution in [0.2, 0.25) is 0 Å². The molecule has 9 aromatic carbocycles. The average molecular weight is 873 g/mol. The molecule has 2 aliphatic carbocycles. The first-order valence-electron chi connectivity index (χ1n) is 24.7. The molecule has 0 aromatic heterocycles. The SMILES string of the molecule is Cc1cc2c3cc1N1c4ccc(-c5ccccc5)cc4B4c5c(cc6c(c51)-c1cc(ccc1C6(C)C)C3(C)CCC2(C)C)-c1ccc(-c2ccccc2)cc1N4c1cccc(-c2ccccc2)c1. The van der Waals surface area contributed by atoms with E-state index in [0.29, 0.717) is 0 Å². The van der Waals surface area contributed by atoms with E-state index >= 15 is 0 Å². The maximum Gasteiger partial charge on any atom is 0.333 e. The highest BCUT2D eigenvalue weighted by Gasteiger charge is 2.52. The first-order valence-corrected chi connectivity index (χ1v) is 24.7. The van der Waals surface area contributed by atoms with Crippen molar-refractivity contribution in [1.29, 1.82) is 0 Å². The third-order valence-corrected chi connectivity index (χ3v) is 17.1. The number of benzene rings is 9. The van der Waals surface area contributed by atoms with E-state index < -0.39 is 0 Å². The summed E-state index contributed by atoms with van der Waals surface area (Å²) in [5, 5.41) is 0. The van der Waals surface area contributed by atoms with E-state index in [1.165, 1.54) is 128 Å². The zero-order valence-electron chi connectivity index (χ0n) is 39.8. The molecular weight excluding hydrogens is 820 g/mol. The van der Waals surface area contributed by atoms with E-state index in [2.05, 4.69) is 239 Å². The predicted octanol–water partition coefficient (Wildman–Crippen LogP) is 15.7. The maximum absolute atomic E-state index is 2.74. The van der Waals surface area contributed by atoms with Gasteiger partial charge in [0.2, 0.25) is 0 Å². The molecule has 0 radical (unpaired) electrons. The third kappa shape index (κ3) is 5.36. The normalized spacial score (nSPS) is 17.9. The molecule has 68 heavy (non-hydrogen) atoms. The van der Waals surface area contributed by atoms with Gasteiger partial charge in [0.25, 0.3) is 0 Å². The van der Waals surface area contributed by atoms with Crippen molar-refractivity contribution in [2.45, 2.75) is 70.6 Å². The zero-order chi connectivity index (χ0) is 45.8. The Bertz CT molecular complexity index is 3610. The van der Waals surface area contributed by atoms with Crippen molar-refractivity contribution in [2.75, 3.05) is 9.71 Å². The van der Waals surface area contributed by atoms with Crippen LogP contribution in [0.15, 0.2) is 188 Å². The minimum atomic E-state index is -0.221. The molecule has 9 aromatic rings. The molecule has 14 rings (SSSR count). The molecule has 0 fully saturated rings. The van der Waals surface area contributed by atoms with Gasteiger partial charge < -0.3 is 9.71 Å². The molecule has 1 atom stereocenters. The Morgan fingerprint density at radius 1 is 0.441 bits per heavy atom. The Balaban J connectivity index is 1.16. The summed E-state index contributed by atoms with van der Waals surface area (Å²) in [6, 6.07) is 72.2. The number of anilines is 5. The first-order chi connectivity index (χ1) is 33.0. The molecule has 326 valence electrons. The van der Waals surface area contributed by atoms with Crippen molar-refractivity contribution in [1.82, 2.24) is 0 Å². The molecule has 4 bridgehead atoms. The van der Waals surface area contributed by atoms with Crippen molar-refractivity contribution >= 4 is 46.2 Å². The average Bonchev–Trinajstić information content (AvgIpc) is 3.60. The second-order valence-electron chi connectivity index (χ2n) is 21.7.